The predicted molar refractivity (Wildman–Crippen MR) is 114 cm³/mol. The number of amides is 1. The summed E-state index contributed by atoms with van der Waals surface area (Å²) in [6.07, 6.45) is -2.47. The van der Waals surface area contributed by atoms with Crippen LogP contribution < -0.4 is 11.1 Å². The maximum Gasteiger partial charge on any atom is 0.408 e. The lowest BCUT2D eigenvalue weighted by Gasteiger charge is -2.22. The molecule has 2 aromatic rings. The molecule has 176 valence electrons. The number of carboxylic acid groups (broad SMARTS) is 1. The van der Waals surface area contributed by atoms with Gasteiger partial charge in [0.05, 0.1) is 12.4 Å². The first kappa shape index (κ1) is 24.0. The molecule has 0 saturated carbocycles. The normalized spacial score (nSPS) is 24.4. The van der Waals surface area contributed by atoms with Crippen molar-refractivity contribution in [2.24, 2.45) is 0 Å². The first-order valence-electron chi connectivity index (χ1n) is 9.72. The fourth-order valence-corrected chi connectivity index (χ4v) is 4.19. The summed E-state index contributed by atoms with van der Waals surface area (Å²) in [5.74, 6) is -0.889. The van der Waals surface area contributed by atoms with Gasteiger partial charge >= 0.3 is 12.1 Å². The Labute approximate surface area is 187 Å². The Kier molecular flexibility index (Phi) is 7.07. The number of anilines is 1. The number of hydrogen-bond donors (Lipinski definition) is 5. The van der Waals surface area contributed by atoms with Crippen LogP contribution in [-0.2, 0) is 14.3 Å². The molecule has 1 fully saturated rings. The van der Waals surface area contributed by atoms with Gasteiger partial charge in [-0.3, -0.25) is 4.57 Å². The second-order valence-electron chi connectivity index (χ2n) is 8.20. The van der Waals surface area contributed by atoms with E-state index in [1.165, 1.54) is 17.2 Å². The van der Waals surface area contributed by atoms with Crippen molar-refractivity contribution in [3.05, 3.63) is 12.7 Å². The summed E-state index contributed by atoms with van der Waals surface area (Å²) in [6.45, 7) is 5.00. The Morgan fingerprint density at radius 2 is 2.03 bits per heavy atom. The van der Waals surface area contributed by atoms with E-state index in [1.807, 2.05) is 0 Å². The zero-order chi connectivity index (χ0) is 23.6. The molecule has 1 amide bonds. The van der Waals surface area contributed by atoms with Crippen molar-refractivity contribution in [1.29, 1.82) is 0 Å². The van der Waals surface area contributed by atoms with E-state index < -0.39 is 48.2 Å². The summed E-state index contributed by atoms with van der Waals surface area (Å²) >= 11 is 1.14. The average Bonchev–Trinajstić information content (AvgIpc) is 3.23. The van der Waals surface area contributed by atoms with E-state index in [2.05, 4.69) is 20.3 Å². The zero-order valence-corrected chi connectivity index (χ0v) is 18.5. The number of ether oxygens (including phenoxy) is 2. The highest BCUT2D eigenvalue weighted by Crippen LogP contribution is 2.33. The number of carboxylic acids is 1. The van der Waals surface area contributed by atoms with E-state index in [-0.39, 0.29) is 17.3 Å². The van der Waals surface area contributed by atoms with Gasteiger partial charge in [0.2, 0.25) is 0 Å². The molecule has 1 unspecified atom stereocenters. The molecule has 0 aliphatic carbocycles. The third kappa shape index (κ3) is 5.38. The molecule has 0 bridgehead atoms. The van der Waals surface area contributed by atoms with Crippen molar-refractivity contribution in [3.8, 4) is 0 Å². The van der Waals surface area contributed by atoms with Crippen molar-refractivity contribution in [3.63, 3.8) is 0 Å². The summed E-state index contributed by atoms with van der Waals surface area (Å²) in [4.78, 5) is 35.4. The summed E-state index contributed by atoms with van der Waals surface area (Å²) in [5, 5.41) is 32.6. The smallest absolute Gasteiger partial charge is 0.408 e. The molecule has 3 heterocycles. The van der Waals surface area contributed by atoms with Crippen LogP contribution in [0.3, 0.4) is 0 Å². The monoisotopic (exact) mass is 470 g/mol. The maximum atomic E-state index is 11.9. The van der Waals surface area contributed by atoms with E-state index in [9.17, 15) is 24.9 Å². The van der Waals surface area contributed by atoms with E-state index in [0.29, 0.717) is 11.2 Å². The van der Waals surface area contributed by atoms with Crippen LogP contribution in [0.1, 0.15) is 27.0 Å². The second-order valence-corrected chi connectivity index (χ2v) is 9.28. The number of hydrogen-bond acceptors (Lipinski definition) is 11. The van der Waals surface area contributed by atoms with Gasteiger partial charge < -0.3 is 35.8 Å². The Hall–Kier alpha value is -2.68. The topological polar surface area (TPSA) is 195 Å². The van der Waals surface area contributed by atoms with E-state index in [4.69, 9.17) is 15.2 Å². The van der Waals surface area contributed by atoms with Crippen molar-refractivity contribution in [2.75, 3.05) is 17.2 Å². The van der Waals surface area contributed by atoms with Gasteiger partial charge in [-0.15, -0.1) is 0 Å². The minimum absolute atomic E-state index is 0.000315. The largest absolute Gasteiger partial charge is 0.480 e. The molecule has 1 aliphatic heterocycles. The third-order valence-electron chi connectivity index (χ3n) is 4.55. The minimum atomic E-state index is -1.27. The molecule has 1 aliphatic rings. The van der Waals surface area contributed by atoms with Crippen molar-refractivity contribution in [1.82, 2.24) is 24.8 Å². The van der Waals surface area contributed by atoms with Crippen LogP contribution in [0.25, 0.3) is 11.2 Å². The highest BCUT2D eigenvalue weighted by Gasteiger charge is 2.44. The number of aliphatic hydroxyl groups is 2. The number of fused-ring (bicyclic) bond motifs is 1. The standard InChI is InChI=1S/C18H26N6O7S/c1-18(2,3)31-17(29)23-8(16(27)28)4-32-5-9-11(25)12(26)15(30-9)24-7-22-10-13(19)20-6-21-14(10)24/h6-9,11-12,15,25-26H,4-5H2,1-3H3,(H,23,29)(H,27,28)(H2,19,20,21)/t8-,9+,11?,12-,15+/m0/s1. The van der Waals surface area contributed by atoms with Crippen molar-refractivity contribution < 1.29 is 34.4 Å². The Morgan fingerprint density at radius 3 is 2.69 bits per heavy atom. The average molecular weight is 471 g/mol. The fraction of sp³-hybridized carbons (Fsp3) is 0.611. The lowest BCUT2D eigenvalue weighted by molar-refractivity contribution is -0.138. The van der Waals surface area contributed by atoms with E-state index >= 15 is 0 Å². The maximum absolute atomic E-state index is 11.9. The lowest BCUT2D eigenvalue weighted by atomic mass is 10.1. The molecule has 13 nitrogen and oxygen atoms in total. The fourth-order valence-electron chi connectivity index (χ4n) is 3.08. The number of aliphatic carboxylic acids is 1. The van der Waals surface area contributed by atoms with E-state index in [1.54, 1.807) is 20.8 Å². The van der Waals surface area contributed by atoms with Gasteiger partial charge in [0.15, 0.2) is 17.7 Å². The van der Waals surface area contributed by atoms with Crippen LogP contribution in [-0.4, -0.2) is 88.4 Å². The number of rotatable bonds is 7. The molecule has 14 heteroatoms. The number of aromatic nitrogens is 4. The van der Waals surface area contributed by atoms with Crippen LogP contribution in [0.15, 0.2) is 12.7 Å². The number of alkyl carbamates (subject to hydrolysis) is 1. The molecule has 6 N–H and O–H groups in total. The molecule has 0 spiro atoms. The molecule has 1 saturated heterocycles. The van der Waals surface area contributed by atoms with Gasteiger partial charge in [-0.1, -0.05) is 0 Å². The lowest BCUT2D eigenvalue weighted by Crippen LogP contribution is -2.45. The number of nitrogens with two attached hydrogens (primary N) is 1. The van der Waals surface area contributed by atoms with Crippen LogP contribution in [0.4, 0.5) is 10.6 Å². The van der Waals surface area contributed by atoms with Gasteiger partial charge in [-0.2, -0.15) is 11.8 Å². The number of carbonyl (C=O) groups is 2. The predicted octanol–water partition coefficient (Wildman–Crippen LogP) is -0.261. The molecule has 5 atom stereocenters. The quantitative estimate of drug-likeness (QED) is 0.356. The zero-order valence-electron chi connectivity index (χ0n) is 17.7. The van der Waals surface area contributed by atoms with Crippen LogP contribution in [0.5, 0.6) is 0 Å². The van der Waals surface area contributed by atoms with Crippen molar-refractivity contribution >= 4 is 40.8 Å². The Bertz CT molecular complexity index is 980. The number of nitrogens with zero attached hydrogens (tertiary/aromatic N) is 4. The first-order valence-corrected chi connectivity index (χ1v) is 10.9. The van der Waals surface area contributed by atoms with Gasteiger partial charge in [-0.25, -0.2) is 24.5 Å². The molecular weight excluding hydrogens is 444 g/mol. The molecule has 0 radical (unpaired) electrons. The number of imidazole rings is 1. The second kappa shape index (κ2) is 9.44. The molecule has 3 rings (SSSR count). The van der Waals surface area contributed by atoms with Crippen LogP contribution >= 0.6 is 11.8 Å². The number of carbonyl (C=O) groups excluding carboxylic acids is 1. The third-order valence-corrected chi connectivity index (χ3v) is 5.69. The van der Waals surface area contributed by atoms with E-state index in [0.717, 1.165) is 11.8 Å². The summed E-state index contributed by atoms with van der Waals surface area (Å²) in [7, 11) is 0. The number of nitrogens with one attached hydrogen (secondary N) is 1. The number of aliphatic hydroxyl groups excluding tert-OH is 2. The van der Waals surface area contributed by atoms with Gasteiger partial charge in [0, 0.05) is 11.5 Å². The van der Waals surface area contributed by atoms with Gasteiger partial charge in [0.1, 0.15) is 35.7 Å². The van der Waals surface area contributed by atoms with Gasteiger partial charge in [0.25, 0.3) is 0 Å². The molecule has 32 heavy (non-hydrogen) atoms. The highest BCUT2D eigenvalue weighted by molar-refractivity contribution is 7.99. The first-order chi connectivity index (χ1) is 15.0. The SMILES string of the molecule is CC(C)(C)OC(=O)N[C@@H](CSC[C@H]1O[C@@H](n2cnc3c(N)ncnc32)[C@@H](O)C1O)C(=O)O. The van der Waals surface area contributed by atoms with Crippen LogP contribution in [0, 0.1) is 0 Å². The Balaban J connectivity index is 1.60. The molecular formula is C18H26N6O7S. The van der Waals surface area contributed by atoms with Crippen molar-refractivity contribution in [2.45, 2.75) is 57.0 Å². The molecule has 0 aromatic carbocycles. The Morgan fingerprint density at radius 1 is 1.31 bits per heavy atom. The summed E-state index contributed by atoms with van der Waals surface area (Å²) < 4.78 is 12.3. The highest BCUT2D eigenvalue weighted by atomic mass is 32.2. The number of thioether (sulfide) groups is 1. The molecule has 2 aromatic heterocycles. The summed E-state index contributed by atoms with van der Waals surface area (Å²) in [6, 6.07) is -1.20. The summed E-state index contributed by atoms with van der Waals surface area (Å²) in [5.41, 5.74) is 5.69. The van der Waals surface area contributed by atoms with Gasteiger partial charge in [-0.05, 0) is 20.8 Å². The minimum Gasteiger partial charge on any atom is -0.480 e. The number of nitrogen functional groups attached to an aromatic ring is 1. The van der Waals surface area contributed by atoms with Crippen LogP contribution in [0.2, 0.25) is 0 Å².